The summed E-state index contributed by atoms with van der Waals surface area (Å²) in [5.41, 5.74) is 5.51. The fourth-order valence-electron chi connectivity index (χ4n) is 1.85. The van der Waals surface area contributed by atoms with Gasteiger partial charge >= 0.3 is 0 Å². The van der Waals surface area contributed by atoms with Crippen molar-refractivity contribution in [1.82, 2.24) is 5.32 Å². The number of nitrogens with one attached hydrogen (secondary N) is 1. The van der Waals surface area contributed by atoms with Crippen molar-refractivity contribution in [1.29, 1.82) is 0 Å². The third kappa shape index (κ3) is 1.81. The van der Waals surface area contributed by atoms with E-state index in [0.29, 0.717) is 0 Å². The van der Waals surface area contributed by atoms with E-state index in [-0.39, 0.29) is 0 Å². The van der Waals surface area contributed by atoms with Crippen LogP contribution >= 0.6 is 0 Å². The van der Waals surface area contributed by atoms with Gasteiger partial charge in [-0.25, -0.2) is 0 Å². The Labute approximate surface area is 79.5 Å². The van der Waals surface area contributed by atoms with Gasteiger partial charge in [0.15, 0.2) is 0 Å². The fourth-order valence-corrected chi connectivity index (χ4v) is 1.85. The van der Waals surface area contributed by atoms with Crippen LogP contribution in [-0.4, -0.2) is 13.1 Å². The molecule has 1 N–H and O–H groups in total. The van der Waals surface area contributed by atoms with Crippen LogP contribution in [0, 0.1) is 13.8 Å². The zero-order chi connectivity index (χ0) is 9.26. The molecule has 0 bridgehead atoms. The molecule has 0 saturated heterocycles. The van der Waals surface area contributed by atoms with Gasteiger partial charge in [0, 0.05) is 13.1 Å². The third-order valence-electron chi connectivity index (χ3n) is 2.40. The Bertz CT molecular complexity index is 330. The van der Waals surface area contributed by atoms with E-state index in [0.717, 1.165) is 13.1 Å². The normalized spacial score (nSPS) is 16.0. The van der Waals surface area contributed by atoms with Crippen molar-refractivity contribution in [2.45, 2.75) is 13.8 Å². The molecule has 0 saturated carbocycles. The van der Waals surface area contributed by atoms with Crippen molar-refractivity contribution in [3.05, 3.63) is 41.0 Å². The molecule has 0 unspecified atom stereocenters. The van der Waals surface area contributed by atoms with Crippen molar-refractivity contribution >= 4 is 5.57 Å². The lowest BCUT2D eigenvalue weighted by atomic mass is 10.0. The number of rotatable bonds is 1. The molecule has 1 aliphatic rings. The second kappa shape index (κ2) is 3.35. The Morgan fingerprint density at radius 1 is 1.08 bits per heavy atom. The van der Waals surface area contributed by atoms with Crippen molar-refractivity contribution < 1.29 is 0 Å². The van der Waals surface area contributed by atoms with Gasteiger partial charge in [-0.05, 0) is 25.0 Å². The second-order valence-corrected chi connectivity index (χ2v) is 3.74. The first kappa shape index (κ1) is 8.52. The van der Waals surface area contributed by atoms with Crippen LogP contribution < -0.4 is 5.32 Å². The Kier molecular flexibility index (Phi) is 2.19. The van der Waals surface area contributed by atoms with Gasteiger partial charge in [0.05, 0.1) is 0 Å². The topological polar surface area (TPSA) is 12.0 Å². The van der Waals surface area contributed by atoms with E-state index in [2.05, 4.69) is 43.4 Å². The fraction of sp³-hybridized carbons (Fsp3) is 0.333. The summed E-state index contributed by atoms with van der Waals surface area (Å²) in [7, 11) is 0. The van der Waals surface area contributed by atoms with Crippen LogP contribution in [0.15, 0.2) is 24.3 Å². The Balaban J connectivity index is 2.39. The van der Waals surface area contributed by atoms with Crippen LogP contribution in [0.25, 0.3) is 5.57 Å². The zero-order valence-corrected chi connectivity index (χ0v) is 8.22. The molecule has 0 aliphatic carbocycles. The Hall–Kier alpha value is -1.08. The minimum Gasteiger partial charge on any atom is -0.309 e. The Morgan fingerprint density at radius 2 is 1.77 bits per heavy atom. The van der Waals surface area contributed by atoms with Gasteiger partial charge in [0.1, 0.15) is 0 Å². The van der Waals surface area contributed by atoms with Gasteiger partial charge in [0.2, 0.25) is 0 Å². The lowest BCUT2D eigenvalue weighted by Crippen LogP contribution is -2.07. The van der Waals surface area contributed by atoms with E-state index >= 15 is 0 Å². The molecule has 0 amide bonds. The maximum Gasteiger partial charge on any atom is 0.0211 e. The lowest BCUT2D eigenvalue weighted by Gasteiger charge is -2.05. The molecule has 2 rings (SSSR count). The van der Waals surface area contributed by atoms with Crippen LogP contribution in [-0.2, 0) is 0 Å². The summed E-state index contributed by atoms with van der Waals surface area (Å²) >= 11 is 0. The number of hydrogen-bond donors (Lipinski definition) is 1. The SMILES string of the molecule is Cc1cc(C)cc(C2=CCNC2)c1. The van der Waals surface area contributed by atoms with Crippen LogP contribution in [0.1, 0.15) is 16.7 Å². The summed E-state index contributed by atoms with van der Waals surface area (Å²) in [5.74, 6) is 0. The van der Waals surface area contributed by atoms with Crippen molar-refractivity contribution in [2.24, 2.45) is 0 Å². The van der Waals surface area contributed by atoms with Gasteiger partial charge in [-0.2, -0.15) is 0 Å². The molecule has 1 heteroatoms. The van der Waals surface area contributed by atoms with Crippen molar-refractivity contribution in [3.63, 3.8) is 0 Å². The number of hydrogen-bond acceptors (Lipinski definition) is 1. The molecule has 13 heavy (non-hydrogen) atoms. The average Bonchev–Trinajstić information content (AvgIpc) is 2.53. The summed E-state index contributed by atoms with van der Waals surface area (Å²) < 4.78 is 0. The van der Waals surface area contributed by atoms with E-state index in [1.54, 1.807) is 0 Å². The minimum atomic E-state index is 1.02. The molecule has 0 radical (unpaired) electrons. The zero-order valence-electron chi connectivity index (χ0n) is 8.22. The first-order valence-corrected chi connectivity index (χ1v) is 4.74. The van der Waals surface area contributed by atoms with Gasteiger partial charge in [-0.15, -0.1) is 0 Å². The molecular weight excluding hydrogens is 158 g/mol. The maximum atomic E-state index is 3.32. The molecular formula is C12H15N. The highest BCUT2D eigenvalue weighted by Crippen LogP contribution is 2.19. The van der Waals surface area contributed by atoms with Gasteiger partial charge in [0.25, 0.3) is 0 Å². The number of aryl methyl sites for hydroxylation is 2. The van der Waals surface area contributed by atoms with Gasteiger partial charge in [-0.3, -0.25) is 0 Å². The molecule has 0 fully saturated rings. The van der Waals surface area contributed by atoms with E-state index in [4.69, 9.17) is 0 Å². The number of benzene rings is 1. The van der Waals surface area contributed by atoms with Crippen molar-refractivity contribution in [2.75, 3.05) is 13.1 Å². The largest absolute Gasteiger partial charge is 0.309 e. The summed E-state index contributed by atoms with van der Waals surface area (Å²) in [5, 5.41) is 3.32. The molecule has 0 aromatic heterocycles. The average molecular weight is 173 g/mol. The highest BCUT2D eigenvalue weighted by Gasteiger charge is 2.06. The quantitative estimate of drug-likeness (QED) is 0.687. The van der Waals surface area contributed by atoms with Gasteiger partial charge < -0.3 is 5.32 Å². The third-order valence-corrected chi connectivity index (χ3v) is 2.40. The molecule has 1 aromatic carbocycles. The molecule has 1 nitrogen and oxygen atoms in total. The highest BCUT2D eigenvalue weighted by molar-refractivity contribution is 5.69. The summed E-state index contributed by atoms with van der Waals surface area (Å²) in [6.07, 6.45) is 2.27. The Morgan fingerprint density at radius 3 is 2.31 bits per heavy atom. The maximum absolute atomic E-state index is 3.32. The standard InChI is InChI=1S/C12H15N/c1-9-5-10(2)7-12(6-9)11-3-4-13-8-11/h3,5-7,13H,4,8H2,1-2H3. The molecule has 1 heterocycles. The molecule has 1 aromatic rings. The smallest absolute Gasteiger partial charge is 0.0211 e. The van der Waals surface area contributed by atoms with E-state index in [1.807, 2.05) is 0 Å². The predicted octanol–water partition coefficient (Wildman–Crippen LogP) is 2.29. The molecule has 1 aliphatic heterocycles. The monoisotopic (exact) mass is 173 g/mol. The summed E-state index contributed by atoms with van der Waals surface area (Å²) in [6.45, 7) is 6.34. The van der Waals surface area contributed by atoms with Crippen LogP contribution in [0.2, 0.25) is 0 Å². The van der Waals surface area contributed by atoms with Gasteiger partial charge in [-0.1, -0.05) is 35.4 Å². The van der Waals surface area contributed by atoms with E-state index in [9.17, 15) is 0 Å². The highest BCUT2D eigenvalue weighted by atomic mass is 14.9. The summed E-state index contributed by atoms with van der Waals surface area (Å²) in [4.78, 5) is 0. The van der Waals surface area contributed by atoms with E-state index < -0.39 is 0 Å². The van der Waals surface area contributed by atoms with Crippen LogP contribution in [0.3, 0.4) is 0 Å². The van der Waals surface area contributed by atoms with E-state index in [1.165, 1.54) is 22.3 Å². The first-order chi connectivity index (χ1) is 6.25. The first-order valence-electron chi connectivity index (χ1n) is 4.74. The summed E-state index contributed by atoms with van der Waals surface area (Å²) in [6, 6.07) is 6.73. The van der Waals surface area contributed by atoms with Crippen LogP contribution in [0.5, 0.6) is 0 Å². The predicted molar refractivity (Wildman–Crippen MR) is 56.8 cm³/mol. The second-order valence-electron chi connectivity index (χ2n) is 3.74. The lowest BCUT2D eigenvalue weighted by molar-refractivity contribution is 0.897. The van der Waals surface area contributed by atoms with Crippen LogP contribution in [0.4, 0.5) is 0 Å². The minimum absolute atomic E-state index is 1.02. The molecule has 68 valence electrons. The molecule has 0 atom stereocenters. The van der Waals surface area contributed by atoms with Crippen molar-refractivity contribution in [3.8, 4) is 0 Å². The molecule has 0 spiro atoms.